The third-order valence-corrected chi connectivity index (χ3v) is 22.6. The van der Waals surface area contributed by atoms with Crippen molar-refractivity contribution >= 4 is 103 Å². The molecule has 0 N–H and O–H groups in total. The first-order valence-electron chi connectivity index (χ1n) is 27.1. The highest BCUT2D eigenvalue weighted by molar-refractivity contribution is 8.34. The zero-order chi connectivity index (χ0) is 52.6. The lowest BCUT2D eigenvalue weighted by Gasteiger charge is -2.47. The highest BCUT2D eigenvalue weighted by Crippen LogP contribution is 2.74. The largest absolute Gasteiger partial charge is 0.313 e. The van der Waals surface area contributed by atoms with Gasteiger partial charge in [-0.05, 0) is 141 Å². The normalized spacial score (nSPS) is 16.2. The van der Waals surface area contributed by atoms with Gasteiger partial charge in [-0.2, -0.15) is 0 Å². The summed E-state index contributed by atoms with van der Waals surface area (Å²) in [5.41, 5.74) is 14.8. The molecule has 1 atom stereocenters. The van der Waals surface area contributed by atoms with Crippen LogP contribution in [0.25, 0.3) is 20.2 Å². The quantitative estimate of drug-likeness (QED) is 0.153. The average molecular weight is 1040 g/mol. The van der Waals surface area contributed by atoms with Gasteiger partial charge in [0.05, 0.1) is 11.4 Å². The van der Waals surface area contributed by atoms with Gasteiger partial charge in [-0.3, -0.25) is 0 Å². The van der Waals surface area contributed by atoms with Gasteiger partial charge in [-0.1, -0.05) is 181 Å². The van der Waals surface area contributed by atoms with Crippen LogP contribution in [0.5, 0.6) is 0 Å². The Labute approximate surface area is 457 Å². The van der Waals surface area contributed by atoms with Crippen LogP contribution in [0.4, 0.5) is 28.4 Å². The molecule has 4 heterocycles. The smallest absolute Gasteiger partial charge is 0.277 e. The molecule has 0 fully saturated rings. The number of nitrogens with zero attached hydrogens (tertiary/aromatic N) is 2. The Morgan fingerprint density at radius 3 is 1.31 bits per heavy atom. The van der Waals surface area contributed by atoms with Gasteiger partial charge in [0.1, 0.15) is 0 Å². The lowest BCUT2D eigenvalue weighted by Crippen LogP contribution is -2.60. The number of hydrogen-bond acceptors (Lipinski definition) is 4. The maximum absolute atomic E-state index is 2.79. The Hall–Kier alpha value is -6.05. The molecule has 0 saturated carbocycles. The van der Waals surface area contributed by atoms with E-state index in [1.807, 2.05) is 22.7 Å². The Morgan fingerprint density at radius 1 is 0.453 bits per heavy atom. The fraction of sp³-hybridized carbons (Fsp3) is 0.275. The number of thiophene rings is 2. The third kappa shape index (κ3) is 8.11. The average Bonchev–Trinajstić information content (AvgIpc) is 4.14. The Morgan fingerprint density at radius 2 is 0.880 bits per heavy atom. The Kier molecular flexibility index (Phi) is 11.8. The first-order valence-corrected chi connectivity index (χ1v) is 30.3. The monoisotopic (exact) mass is 1030 g/mol. The highest BCUT2D eigenvalue weighted by atomic mass is 32.3. The van der Waals surface area contributed by atoms with Crippen molar-refractivity contribution in [2.75, 3.05) is 9.80 Å². The van der Waals surface area contributed by atoms with Crippen molar-refractivity contribution in [3.63, 3.8) is 0 Å². The van der Waals surface area contributed by atoms with E-state index in [1.165, 1.54) is 111 Å². The summed E-state index contributed by atoms with van der Waals surface area (Å²) in [7, 11) is -2.14. The van der Waals surface area contributed by atoms with Crippen LogP contribution in [0.15, 0.2) is 207 Å². The minimum atomic E-state index is -2.14. The van der Waals surface area contributed by atoms with E-state index in [0.29, 0.717) is 0 Å². The molecule has 12 rings (SSSR count). The summed E-state index contributed by atoms with van der Waals surface area (Å²) >= 11 is 4.04. The fourth-order valence-electron chi connectivity index (χ4n) is 12.1. The lowest BCUT2D eigenvalue weighted by atomic mass is 9.39. The predicted molar refractivity (Wildman–Crippen MR) is 331 cm³/mol. The van der Waals surface area contributed by atoms with Crippen LogP contribution in [-0.4, -0.2) is 6.71 Å². The zero-order valence-corrected chi connectivity index (χ0v) is 48.7. The first-order chi connectivity index (χ1) is 35.6. The van der Waals surface area contributed by atoms with Crippen molar-refractivity contribution in [2.24, 2.45) is 11.3 Å². The number of fused-ring (bicyclic) bond motifs is 8. The summed E-state index contributed by atoms with van der Waals surface area (Å²) < 4.78 is 5.54. The molecule has 0 bridgehead atoms. The molecule has 2 nitrogen and oxygen atoms in total. The van der Waals surface area contributed by atoms with E-state index >= 15 is 0 Å². The molecule has 378 valence electrons. The van der Waals surface area contributed by atoms with Crippen LogP contribution in [0.1, 0.15) is 113 Å². The van der Waals surface area contributed by atoms with E-state index in [4.69, 9.17) is 0 Å². The van der Waals surface area contributed by atoms with Crippen molar-refractivity contribution < 1.29 is 0 Å². The molecule has 2 aromatic heterocycles. The van der Waals surface area contributed by atoms with Crippen LogP contribution in [-0.2, 0) is 16.2 Å². The number of benzene rings is 7. The minimum absolute atomic E-state index is 0.00706. The maximum Gasteiger partial charge on any atom is 0.277 e. The third-order valence-electron chi connectivity index (χ3n) is 16.3. The number of allylic oxidation sites excluding steroid dienone is 4. The SMILES string of the molecule is CC1CC(C(C)(C)C)=CC=C1N1c2cc(S(c3ccccc3)(c3ccccc3)c3ccccc3)cc3c2B(c2sc4ccc(C(C)(C)C)cc4c21)c1sc2ccc(C(C)(C)C)cc2c1N3c1ccc(C(C)(C)C)cc1. The Balaban J connectivity index is 1.30. The summed E-state index contributed by atoms with van der Waals surface area (Å²) in [6.07, 6.45) is 5.99. The van der Waals surface area contributed by atoms with E-state index < -0.39 is 10.0 Å². The van der Waals surface area contributed by atoms with Crippen LogP contribution < -0.4 is 24.8 Å². The topological polar surface area (TPSA) is 6.48 Å². The molecule has 7 aromatic carbocycles. The van der Waals surface area contributed by atoms with Gasteiger partial charge in [0, 0.05) is 78.0 Å². The molecular formula is C69H71BN2S3. The highest BCUT2D eigenvalue weighted by Gasteiger charge is 2.49. The predicted octanol–water partition coefficient (Wildman–Crippen LogP) is 19.0. The van der Waals surface area contributed by atoms with Crippen molar-refractivity contribution in [3.8, 4) is 0 Å². The summed E-state index contributed by atoms with van der Waals surface area (Å²) in [5.74, 6) is 0.267. The molecule has 9 aromatic rings. The van der Waals surface area contributed by atoms with E-state index in [2.05, 4.69) is 276 Å². The first kappa shape index (κ1) is 49.8. The summed E-state index contributed by atoms with van der Waals surface area (Å²) in [6.45, 7) is 30.8. The van der Waals surface area contributed by atoms with Gasteiger partial charge in [-0.25, -0.2) is 0 Å². The summed E-state index contributed by atoms with van der Waals surface area (Å²) in [5, 5.41) is 2.68. The van der Waals surface area contributed by atoms with Crippen LogP contribution in [0.2, 0.25) is 0 Å². The molecule has 0 amide bonds. The second-order valence-electron chi connectivity index (χ2n) is 25.5. The molecular weight excluding hydrogens is 964 g/mol. The van der Waals surface area contributed by atoms with Gasteiger partial charge >= 0.3 is 0 Å². The van der Waals surface area contributed by atoms with Gasteiger partial charge < -0.3 is 9.80 Å². The van der Waals surface area contributed by atoms with Gasteiger partial charge in [0.15, 0.2) is 0 Å². The fourth-order valence-corrected chi connectivity index (χ4v) is 18.7. The number of anilines is 5. The van der Waals surface area contributed by atoms with E-state index in [0.717, 1.165) is 6.42 Å². The van der Waals surface area contributed by atoms with Crippen LogP contribution >= 0.6 is 32.7 Å². The maximum atomic E-state index is 2.79. The van der Waals surface area contributed by atoms with E-state index in [-0.39, 0.29) is 34.3 Å². The molecule has 1 unspecified atom stereocenters. The molecule has 6 heteroatoms. The van der Waals surface area contributed by atoms with Crippen molar-refractivity contribution in [1.82, 2.24) is 0 Å². The number of rotatable bonds is 6. The van der Waals surface area contributed by atoms with Crippen LogP contribution in [0, 0.1) is 11.3 Å². The van der Waals surface area contributed by atoms with Gasteiger partial charge in [0.25, 0.3) is 6.71 Å². The molecule has 2 aliphatic heterocycles. The molecule has 3 aliphatic rings. The number of hydrogen-bond donors (Lipinski definition) is 0. The second kappa shape index (κ2) is 17.8. The van der Waals surface area contributed by atoms with Gasteiger partial charge in [-0.15, -0.1) is 32.7 Å². The molecule has 1 aliphatic carbocycles. The second-order valence-corrected chi connectivity index (χ2v) is 30.8. The Bertz CT molecular complexity index is 3640. The van der Waals surface area contributed by atoms with Crippen molar-refractivity contribution in [3.05, 3.63) is 204 Å². The van der Waals surface area contributed by atoms with Crippen LogP contribution in [0.3, 0.4) is 0 Å². The van der Waals surface area contributed by atoms with Crippen molar-refractivity contribution in [2.45, 2.75) is 132 Å². The summed E-state index contributed by atoms with van der Waals surface area (Å²) in [4.78, 5) is 10.8. The van der Waals surface area contributed by atoms with E-state index in [9.17, 15) is 0 Å². The molecule has 0 spiro atoms. The molecule has 0 radical (unpaired) electrons. The molecule has 0 saturated heterocycles. The summed E-state index contributed by atoms with van der Waals surface area (Å²) in [6, 6.07) is 64.1. The zero-order valence-electron chi connectivity index (χ0n) is 46.2. The molecule has 75 heavy (non-hydrogen) atoms. The minimum Gasteiger partial charge on any atom is -0.313 e. The standard InChI is InChI=1S/C69H71BN2S3/c1-44-39-46(67(5,6)7)31-36-56(44)72-58-43-53(75(50-23-17-14-18-24-50,51-25-19-15-20-26-51)52-27-21-16-22-28-52)42-57-61(58)70(65-63(72)55-41-48(69(11,12)13)33-38-60(55)74-65)64-62(54-40-47(68(8,9)10)32-37-59(54)73-64)71(57)49-34-29-45(30-35-49)66(2,3)4/h14-38,40-44H,39H2,1-13H3. The van der Waals surface area contributed by atoms with E-state index in [1.54, 1.807) is 0 Å². The van der Waals surface area contributed by atoms with Crippen molar-refractivity contribution in [1.29, 1.82) is 0 Å². The lowest BCUT2D eigenvalue weighted by molar-refractivity contribution is 0.453. The van der Waals surface area contributed by atoms with Gasteiger partial charge in [0.2, 0.25) is 0 Å².